The van der Waals surface area contributed by atoms with Crippen molar-refractivity contribution < 1.29 is 4.74 Å². The van der Waals surface area contributed by atoms with Gasteiger partial charge in [-0.15, -0.1) is 0 Å². The Morgan fingerprint density at radius 1 is 1.05 bits per heavy atom. The van der Waals surface area contributed by atoms with Crippen LogP contribution in [0.3, 0.4) is 0 Å². The van der Waals surface area contributed by atoms with Crippen LogP contribution in [0.1, 0.15) is 39.2 Å². The van der Waals surface area contributed by atoms with Gasteiger partial charge in [0.15, 0.2) is 0 Å². The molecule has 2 nitrogen and oxygen atoms in total. The number of nitrogens with one attached hydrogen (secondary N) is 1. The molecule has 19 heavy (non-hydrogen) atoms. The highest BCUT2D eigenvalue weighted by Gasteiger charge is 2.14. The van der Waals surface area contributed by atoms with Gasteiger partial charge in [-0.3, -0.25) is 0 Å². The minimum atomic E-state index is 0.575. The Kier molecular flexibility index (Phi) is 7.76. The molecular weight excluding hydrogens is 234 g/mol. The van der Waals surface area contributed by atoms with Crippen molar-refractivity contribution in [2.45, 2.75) is 33.6 Å². The Balaban J connectivity index is 2.28. The van der Waals surface area contributed by atoms with Gasteiger partial charge in [0.25, 0.3) is 0 Å². The third-order valence-electron chi connectivity index (χ3n) is 3.27. The van der Waals surface area contributed by atoms with Crippen LogP contribution in [0.5, 0.6) is 0 Å². The highest BCUT2D eigenvalue weighted by atomic mass is 16.5. The molecule has 0 saturated carbocycles. The summed E-state index contributed by atoms with van der Waals surface area (Å²) in [5.41, 5.74) is 1.42. The Morgan fingerprint density at radius 2 is 1.74 bits per heavy atom. The zero-order chi connectivity index (χ0) is 14.1. The number of hydrogen-bond acceptors (Lipinski definition) is 2. The van der Waals surface area contributed by atoms with Crippen molar-refractivity contribution in [2.75, 3.05) is 26.3 Å². The van der Waals surface area contributed by atoms with Crippen molar-refractivity contribution in [2.24, 2.45) is 11.8 Å². The quantitative estimate of drug-likeness (QED) is 0.686. The fourth-order valence-electron chi connectivity index (χ4n) is 2.16. The lowest BCUT2D eigenvalue weighted by atomic mass is 9.88. The van der Waals surface area contributed by atoms with Gasteiger partial charge in [-0.25, -0.2) is 0 Å². The average Bonchev–Trinajstić information content (AvgIpc) is 2.38. The van der Waals surface area contributed by atoms with Gasteiger partial charge in [-0.2, -0.15) is 0 Å². The zero-order valence-corrected chi connectivity index (χ0v) is 12.9. The van der Waals surface area contributed by atoms with Crippen molar-refractivity contribution in [1.29, 1.82) is 0 Å². The lowest BCUT2D eigenvalue weighted by molar-refractivity contribution is 0.111. The molecule has 1 aromatic carbocycles. The smallest absolute Gasteiger partial charge is 0.0591 e. The summed E-state index contributed by atoms with van der Waals surface area (Å²) in [7, 11) is 0. The Hall–Kier alpha value is -0.860. The van der Waals surface area contributed by atoms with Gasteiger partial charge < -0.3 is 10.1 Å². The van der Waals surface area contributed by atoms with Crippen LogP contribution in [0.25, 0.3) is 0 Å². The monoisotopic (exact) mass is 263 g/mol. The van der Waals surface area contributed by atoms with Crippen LogP contribution >= 0.6 is 0 Å². The summed E-state index contributed by atoms with van der Waals surface area (Å²) in [6, 6.07) is 10.8. The summed E-state index contributed by atoms with van der Waals surface area (Å²) < 4.78 is 5.58. The molecule has 0 aliphatic heterocycles. The van der Waals surface area contributed by atoms with E-state index in [-0.39, 0.29) is 0 Å². The largest absolute Gasteiger partial charge is 0.380 e. The molecule has 0 saturated heterocycles. The zero-order valence-electron chi connectivity index (χ0n) is 12.9. The third kappa shape index (κ3) is 6.74. The first-order chi connectivity index (χ1) is 9.11. The van der Waals surface area contributed by atoms with Crippen LogP contribution in [-0.2, 0) is 4.74 Å². The van der Waals surface area contributed by atoms with Gasteiger partial charge in [-0.1, -0.05) is 58.0 Å². The van der Waals surface area contributed by atoms with E-state index in [9.17, 15) is 0 Å². The normalized spacial score (nSPS) is 13.2. The summed E-state index contributed by atoms with van der Waals surface area (Å²) in [4.78, 5) is 0. The second-order valence-corrected chi connectivity index (χ2v) is 5.93. The third-order valence-corrected chi connectivity index (χ3v) is 3.27. The summed E-state index contributed by atoms with van der Waals surface area (Å²) >= 11 is 0. The first kappa shape index (κ1) is 16.2. The predicted molar refractivity (Wildman–Crippen MR) is 82.5 cm³/mol. The van der Waals surface area contributed by atoms with Gasteiger partial charge in [-0.05, 0) is 23.3 Å². The van der Waals surface area contributed by atoms with Gasteiger partial charge in [0, 0.05) is 19.7 Å². The number of hydrogen-bond donors (Lipinski definition) is 1. The van der Waals surface area contributed by atoms with Gasteiger partial charge in [0.2, 0.25) is 0 Å². The fraction of sp³-hybridized carbons (Fsp3) is 0.647. The maximum absolute atomic E-state index is 5.58. The molecule has 1 unspecified atom stereocenters. The fourth-order valence-corrected chi connectivity index (χ4v) is 2.16. The van der Waals surface area contributed by atoms with E-state index in [1.807, 2.05) is 0 Å². The molecule has 0 spiro atoms. The van der Waals surface area contributed by atoms with E-state index in [1.165, 1.54) is 5.56 Å². The summed E-state index contributed by atoms with van der Waals surface area (Å²) in [5, 5.41) is 3.51. The van der Waals surface area contributed by atoms with Crippen molar-refractivity contribution in [1.82, 2.24) is 5.32 Å². The van der Waals surface area contributed by atoms with Crippen molar-refractivity contribution in [3.8, 4) is 0 Å². The average molecular weight is 263 g/mol. The molecule has 0 amide bonds. The van der Waals surface area contributed by atoms with E-state index < -0.39 is 0 Å². The molecule has 1 N–H and O–H groups in total. The molecule has 0 aliphatic carbocycles. The van der Waals surface area contributed by atoms with Crippen molar-refractivity contribution in [3.63, 3.8) is 0 Å². The lowest BCUT2D eigenvalue weighted by Crippen LogP contribution is -2.28. The van der Waals surface area contributed by atoms with Crippen molar-refractivity contribution in [3.05, 3.63) is 35.9 Å². The van der Waals surface area contributed by atoms with Crippen LogP contribution in [0.15, 0.2) is 30.3 Å². The molecule has 108 valence electrons. The Labute approximate surface area is 118 Å². The second kappa shape index (κ2) is 9.11. The molecule has 0 aromatic heterocycles. The molecule has 1 rings (SSSR count). The number of benzene rings is 1. The topological polar surface area (TPSA) is 21.3 Å². The van der Waals surface area contributed by atoms with Crippen LogP contribution in [0.4, 0.5) is 0 Å². The highest BCUT2D eigenvalue weighted by molar-refractivity contribution is 5.20. The first-order valence-corrected chi connectivity index (χ1v) is 7.44. The molecule has 0 bridgehead atoms. The van der Waals surface area contributed by atoms with E-state index in [0.717, 1.165) is 26.3 Å². The minimum absolute atomic E-state index is 0.575. The van der Waals surface area contributed by atoms with E-state index >= 15 is 0 Å². The molecule has 2 heteroatoms. The molecule has 0 radical (unpaired) electrons. The standard InChI is InChI=1S/C17H29NO/c1-14(2)13-19-11-10-18-12-17(15(3)4)16-8-6-5-7-9-16/h5-9,14-15,17-18H,10-13H2,1-4H3. The molecule has 1 atom stereocenters. The lowest BCUT2D eigenvalue weighted by Gasteiger charge is -2.22. The second-order valence-electron chi connectivity index (χ2n) is 5.93. The molecule has 0 fully saturated rings. The maximum atomic E-state index is 5.58. The minimum Gasteiger partial charge on any atom is -0.380 e. The van der Waals surface area contributed by atoms with Gasteiger partial charge in [0.1, 0.15) is 0 Å². The van der Waals surface area contributed by atoms with Gasteiger partial charge >= 0.3 is 0 Å². The molecular formula is C17H29NO. The number of rotatable bonds is 9. The Bertz CT molecular complexity index is 321. The van der Waals surface area contributed by atoms with E-state index in [1.54, 1.807) is 0 Å². The maximum Gasteiger partial charge on any atom is 0.0591 e. The molecule has 0 aliphatic rings. The molecule has 1 aromatic rings. The van der Waals surface area contributed by atoms with Crippen LogP contribution in [0, 0.1) is 11.8 Å². The van der Waals surface area contributed by atoms with E-state index in [2.05, 4.69) is 63.3 Å². The van der Waals surface area contributed by atoms with Crippen LogP contribution in [0.2, 0.25) is 0 Å². The molecule has 0 heterocycles. The van der Waals surface area contributed by atoms with E-state index in [4.69, 9.17) is 4.74 Å². The summed E-state index contributed by atoms with van der Waals surface area (Å²) in [6.07, 6.45) is 0. The SMILES string of the molecule is CC(C)COCCNCC(c1ccccc1)C(C)C. The summed E-state index contributed by atoms with van der Waals surface area (Å²) in [6.45, 7) is 12.5. The van der Waals surface area contributed by atoms with Crippen molar-refractivity contribution >= 4 is 0 Å². The van der Waals surface area contributed by atoms with Crippen LogP contribution < -0.4 is 5.32 Å². The number of ether oxygens (including phenoxy) is 1. The summed E-state index contributed by atoms with van der Waals surface area (Å²) in [5.74, 6) is 1.84. The Morgan fingerprint density at radius 3 is 2.32 bits per heavy atom. The van der Waals surface area contributed by atoms with Gasteiger partial charge in [0.05, 0.1) is 6.61 Å². The predicted octanol–water partition coefficient (Wildman–Crippen LogP) is 3.69. The van der Waals surface area contributed by atoms with E-state index in [0.29, 0.717) is 17.8 Å². The highest BCUT2D eigenvalue weighted by Crippen LogP contribution is 2.23. The first-order valence-electron chi connectivity index (χ1n) is 7.44. The van der Waals surface area contributed by atoms with Crippen LogP contribution in [-0.4, -0.2) is 26.3 Å².